The highest BCUT2D eigenvalue weighted by Crippen LogP contribution is 2.30. The third kappa shape index (κ3) is 3.80. The smallest absolute Gasteiger partial charge is 0.415 e. The monoisotopic (exact) mass is 439 g/mol. The first-order valence-corrected chi connectivity index (χ1v) is 9.91. The third-order valence-electron chi connectivity index (χ3n) is 5.18. The summed E-state index contributed by atoms with van der Waals surface area (Å²) in [6, 6.07) is 9.50. The van der Waals surface area contributed by atoms with Crippen LogP contribution in [-0.2, 0) is 9.47 Å². The maximum atomic E-state index is 14.9. The highest BCUT2D eigenvalue weighted by atomic mass is 19.1. The van der Waals surface area contributed by atoms with Crippen molar-refractivity contribution in [3.8, 4) is 11.1 Å². The van der Waals surface area contributed by atoms with Crippen molar-refractivity contribution in [3.63, 3.8) is 0 Å². The Labute approximate surface area is 181 Å². The van der Waals surface area contributed by atoms with E-state index in [0.717, 1.165) is 0 Å². The lowest BCUT2D eigenvalue weighted by molar-refractivity contribution is 0.147. The number of carbonyl (C=O) groups is 2. The molecule has 2 amide bonds. The van der Waals surface area contributed by atoms with Crippen molar-refractivity contribution in [1.29, 1.82) is 0 Å². The molecule has 2 aliphatic rings. The van der Waals surface area contributed by atoms with Gasteiger partial charge in [0, 0.05) is 23.4 Å². The van der Waals surface area contributed by atoms with Crippen LogP contribution in [0.4, 0.5) is 31.3 Å². The van der Waals surface area contributed by atoms with Gasteiger partial charge in [0.2, 0.25) is 0 Å². The summed E-state index contributed by atoms with van der Waals surface area (Å²) in [5.74, 6) is 0.476. The number of nitrogens with one attached hydrogen (secondary N) is 1. The number of nitrogens with zero attached hydrogens (tertiary/aromatic N) is 4. The molecule has 0 saturated carbocycles. The van der Waals surface area contributed by atoms with Crippen molar-refractivity contribution >= 4 is 29.5 Å². The van der Waals surface area contributed by atoms with Crippen molar-refractivity contribution < 1.29 is 28.0 Å². The van der Waals surface area contributed by atoms with Crippen LogP contribution in [0.1, 0.15) is 0 Å². The molecule has 11 heteroatoms. The van der Waals surface area contributed by atoms with E-state index in [0.29, 0.717) is 48.1 Å². The van der Waals surface area contributed by atoms with E-state index >= 15 is 0 Å². The summed E-state index contributed by atoms with van der Waals surface area (Å²) in [6.45, 7) is 1.35. The Kier molecular flexibility index (Phi) is 5.06. The zero-order chi connectivity index (χ0) is 22.1. The second-order valence-corrected chi connectivity index (χ2v) is 7.22. The molecule has 2 aliphatic heterocycles. The molecular formula is C21H18FN5O5. The van der Waals surface area contributed by atoms with Crippen LogP contribution in [0.3, 0.4) is 0 Å². The Bertz CT molecular complexity index is 1140. The Balaban J connectivity index is 1.28. The second-order valence-electron chi connectivity index (χ2n) is 7.22. The Morgan fingerprint density at radius 2 is 2.03 bits per heavy atom. The number of hydrogen-bond acceptors (Lipinski definition) is 8. The van der Waals surface area contributed by atoms with E-state index < -0.39 is 24.1 Å². The van der Waals surface area contributed by atoms with Crippen LogP contribution in [0.15, 0.2) is 53.4 Å². The first kappa shape index (κ1) is 19.8. The maximum Gasteiger partial charge on any atom is 0.415 e. The summed E-state index contributed by atoms with van der Waals surface area (Å²) in [4.78, 5) is 31.0. The number of anilines is 3. The van der Waals surface area contributed by atoms with Gasteiger partial charge in [-0.3, -0.25) is 9.80 Å². The number of halogens is 1. The molecule has 1 aromatic carbocycles. The van der Waals surface area contributed by atoms with Crippen LogP contribution in [0.2, 0.25) is 0 Å². The van der Waals surface area contributed by atoms with Gasteiger partial charge in [-0.25, -0.2) is 19.0 Å². The van der Waals surface area contributed by atoms with Gasteiger partial charge in [0.1, 0.15) is 30.6 Å². The predicted octanol–water partition coefficient (Wildman–Crippen LogP) is 3.27. The second kappa shape index (κ2) is 8.17. The third-order valence-corrected chi connectivity index (χ3v) is 5.18. The molecule has 2 saturated heterocycles. The minimum atomic E-state index is -0.548. The van der Waals surface area contributed by atoms with E-state index in [4.69, 9.17) is 14.0 Å². The first-order valence-electron chi connectivity index (χ1n) is 9.91. The molecule has 1 unspecified atom stereocenters. The van der Waals surface area contributed by atoms with E-state index in [2.05, 4.69) is 15.5 Å². The molecule has 1 N–H and O–H groups in total. The van der Waals surface area contributed by atoms with Crippen molar-refractivity contribution in [3.05, 3.63) is 54.7 Å². The Morgan fingerprint density at radius 3 is 2.72 bits per heavy atom. The van der Waals surface area contributed by atoms with Crippen LogP contribution >= 0.6 is 0 Å². The average molecular weight is 439 g/mol. The van der Waals surface area contributed by atoms with Gasteiger partial charge in [0.25, 0.3) is 0 Å². The number of ether oxygens (including phenoxy) is 2. The summed E-state index contributed by atoms with van der Waals surface area (Å²) in [6.07, 6.45) is 1.51. The van der Waals surface area contributed by atoms with Crippen LogP contribution in [0, 0.1) is 5.82 Å². The summed E-state index contributed by atoms with van der Waals surface area (Å²) >= 11 is 0. The number of hydrogen-bond donors (Lipinski definition) is 1. The molecule has 4 heterocycles. The summed E-state index contributed by atoms with van der Waals surface area (Å²) in [7, 11) is 0. The summed E-state index contributed by atoms with van der Waals surface area (Å²) in [5, 5.41) is 6.74. The molecule has 32 heavy (non-hydrogen) atoms. The van der Waals surface area contributed by atoms with Crippen molar-refractivity contribution in [1.82, 2.24) is 10.1 Å². The average Bonchev–Trinajstić information content (AvgIpc) is 3.54. The first-order chi connectivity index (χ1) is 15.6. The normalized spacial score (nSPS) is 18.1. The zero-order valence-corrected chi connectivity index (χ0v) is 16.7. The SMILES string of the molecule is O=C1OC(CNc2ccon2)CN1c1ccc(-c2ccc(N3CCOC3=O)nc2)c(F)c1. The van der Waals surface area contributed by atoms with Gasteiger partial charge in [-0.05, 0) is 30.3 Å². The highest BCUT2D eigenvalue weighted by Gasteiger charge is 2.33. The molecule has 164 valence electrons. The fourth-order valence-electron chi connectivity index (χ4n) is 3.57. The predicted molar refractivity (Wildman–Crippen MR) is 111 cm³/mol. The molecule has 2 fully saturated rings. The quantitative estimate of drug-likeness (QED) is 0.623. The van der Waals surface area contributed by atoms with E-state index in [1.54, 1.807) is 30.3 Å². The van der Waals surface area contributed by atoms with Gasteiger partial charge in [0.15, 0.2) is 5.82 Å². The zero-order valence-electron chi connectivity index (χ0n) is 16.7. The van der Waals surface area contributed by atoms with Crippen LogP contribution in [-0.4, -0.2) is 54.7 Å². The standard InChI is InChI=1S/C21H18FN5O5/c22-17-9-14(27-12-15(32-21(27)29)11-23-18-5-7-31-25-18)2-3-16(17)13-1-4-19(24-10-13)26-6-8-30-20(26)28/h1-5,7,9-10,15H,6,8,11-12H2,(H,23,25). The van der Waals surface area contributed by atoms with E-state index in [9.17, 15) is 14.0 Å². The van der Waals surface area contributed by atoms with Crippen LogP contribution in [0.25, 0.3) is 11.1 Å². The number of pyridine rings is 1. The van der Waals surface area contributed by atoms with Crippen LogP contribution < -0.4 is 15.1 Å². The Morgan fingerprint density at radius 1 is 1.12 bits per heavy atom. The highest BCUT2D eigenvalue weighted by molar-refractivity contribution is 5.90. The number of rotatable bonds is 6. The lowest BCUT2D eigenvalue weighted by Crippen LogP contribution is -2.27. The summed E-state index contributed by atoms with van der Waals surface area (Å²) in [5.41, 5.74) is 1.27. The van der Waals surface area contributed by atoms with Gasteiger partial charge < -0.3 is 19.3 Å². The fraction of sp³-hybridized carbons (Fsp3) is 0.238. The molecule has 0 bridgehead atoms. The van der Waals surface area contributed by atoms with Gasteiger partial charge >= 0.3 is 12.2 Å². The number of aromatic nitrogens is 2. The maximum absolute atomic E-state index is 14.9. The van der Waals surface area contributed by atoms with Crippen molar-refractivity contribution in [2.75, 3.05) is 41.4 Å². The van der Waals surface area contributed by atoms with E-state index in [1.165, 1.54) is 28.3 Å². The van der Waals surface area contributed by atoms with E-state index in [-0.39, 0.29) is 6.54 Å². The topological polar surface area (TPSA) is 110 Å². The minimum absolute atomic E-state index is 0.269. The molecule has 1 atom stereocenters. The van der Waals surface area contributed by atoms with Gasteiger partial charge in [-0.2, -0.15) is 0 Å². The van der Waals surface area contributed by atoms with Gasteiger partial charge in [0.05, 0.1) is 25.3 Å². The molecule has 0 spiro atoms. The minimum Gasteiger partial charge on any atom is -0.447 e. The molecule has 0 aliphatic carbocycles. The van der Waals surface area contributed by atoms with E-state index in [1.807, 2.05) is 0 Å². The lowest BCUT2D eigenvalue weighted by Gasteiger charge is -2.15. The number of amides is 2. The van der Waals surface area contributed by atoms with Gasteiger partial charge in [-0.15, -0.1) is 0 Å². The van der Waals surface area contributed by atoms with Crippen LogP contribution in [0.5, 0.6) is 0 Å². The molecule has 0 radical (unpaired) electrons. The van der Waals surface area contributed by atoms with Gasteiger partial charge in [-0.1, -0.05) is 5.16 Å². The molecule has 5 rings (SSSR count). The number of carbonyl (C=O) groups excluding carboxylic acids is 2. The van der Waals surface area contributed by atoms with Crippen molar-refractivity contribution in [2.24, 2.45) is 0 Å². The fourth-order valence-corrected chi connectivity index (χ4v) is 3.57. The molecule has 2 aromatic heterocycles. The number of benzene rings is 1. The Hall–Kier alpha value is -4.15. The van der Waals surface area contributed by atoms with Crippen molar-refractivity contribution in [2.45, 2.75) is 6.10 Å². The molecular weight excluding hydrogens is 421 g/mol. The molecule has 10 nitrogen and oxygen atoms in total. The largest absolute Gasteiger partial charge is 0.447 e. The number of cyclic esters (lactones) is 2. The lowest BCUT2D eigenvalue weighted by atomic mass is 10.1. The molecule has 3 aromatic rings. The summed E-state index contributed by atoms with van der Waals surface area (Å²) < 4.78 is 29.9.